The molecule has 0 saturated heterocycles. The van der Waals surface area contributed by atoms with Crippen LogP contribution in [0, 0.1) is 6.92 Å². The molecular formula is C22H15ClF3N3O3. The topological polar surface area (TPSA) is 66.1 Å². The number of para-hydroxylation sites is 1. The van der Waals surface area contributed by atoms with Crippen molar-refractivity contribution in [2.75, 3.05) is 7.11 Å². The van der Waals surface area contributed by atoms with Crippen LogP contribution in [0.4, 0.5) is 13.2 Å². The molecular weight excluding hydrogens is 447 g/mol. The highest BCUT2D eigenvalue weighted by Gasteiger charge is 2.34. The summed E-state index contributed by atoms with van der Waals surface area (Å²) < 4.78 is 47.2. The van der Waals surface area contributed by atoms with Gasteiger partial charge in [-0.25, -0.2) is 4.79 Å². The molecule has 6 nitrogen and oxygen atoms in total. The van der Waals surface area contributed by atoms with E-state index < -0.39 is 28.3 Å². The van der Waals surface area contributed by atoms with Crippen LogP contribution in [0.2, 0.25) is 5.02 Å². The first-order valence-corrected chi connectivity index (χ1v) is 9.66. The first kappa shape index (κ1) is 21.6. The molecule has 2 heterocycles. The maximum atomic E-state index is 13.3. The highest BCUT2D eigenvalue weighted by molar-refractivity contribution is 6.31. The van der Waals surface area contributed by atoms with Crippen LogP contribution in [-0.4, -0.2) is 27.4 Å². The third-order valence-electron chi connectivity index (χ3n) is 4.97. The number of fused-ring (bicyclic) bond motifs is 1. The fraction of sp³-hybridized carbons (Fsp3) is 0.136. The molecule has 0 aromatic heterocycles. The number of methoxy groups -OCH3 is 1. The summed E-state index contributed by atoms with van der Waals surface area (Å²) in [6, 6.07) is 10.3. The van der Waals surface area contributed by atoms with Crippen LogP contribution in [0.5, 0.6) is 0 Å². The van der Waals surface area contributed by atoms with Crippen LogP contribution >= 0.6 is 11.6 Å². The zero-order valence-corrected chi connectivity index (χ0v) is 17.5. The summed E-state index contributed by atoms with van der Waals surface area (Å²) >= 11 is 5.71. The molecule has 0 spiro atoms. The molecule has 10 heteroatoms. The van der Waals surface area contributed by atoms with Crippen molar-refractivity contribution in [3.8, 4) is 22.6 Å². The minimum absolute atomic E-state index is 0.0414. The molecule has 0 N–H and O–H groups in total. The third kappa shape index (κ3) is 3.64. The number of rotatable bonds is 3. The van der Waals surface area contributed by atoms with E-state index >= 15 is 0 Å². The molecule has 0 radical (unpaired) electrons. The van der Waals surface area contributed by atoms with Crippen LogP contribution in [0.1, 0.15) is 21.5 Å². The Kier molecular flexibility index (Phi) is 5.29. The van der Waals surface area contributed by atoms with Crippen molar-refractivity contribution in [2.24, 2.45) is 0 Å². The summed E-state index contributed by atoms with van der Waals surface area (Å²) in [6.45, 7) is 1.80. The van der Waals surface area contributed by atoms with Crippen LogP contribution < -0.4 is 5.56 Å². The molecule has 164 valence electrons. The van der Waals surface area contributed by atoms with Crippen molar-refractivity contribution in [1.29, 1.82) is 0 Å². The zero-order valence-electron chi connectivity index (χ0n) is 16.8. The number of carbonyl (C=O) groups is 1. The number of aryl methyl sites for hydroxylation is 1. The quantitative estimate of drug-likeness (QED) is 0.407. The van der Waals surface area contributed by atoms with Gasteiger partial charge in [-0.1, -0.05) is 29.8 Å². The van der Waals surface area contributed by atoms with E-state index in [0.717, 1.165) is 29.5 Å². The van der Waals surface area contributed by atoms with Gasteiger partial charge in [0.15, 0.2) is 0 Å². The van der Waals surface area contributed by atoms with Crippen molar-refractivity contribution in [3.63, 3.8) is 0 Å². The van der Waals surface area contributed by atoms with Gasteiger partial charge in [-0.2, -0.15) is 23.0 Å². The van der Waals surface area contributed by atoms with E-state index in [1.54, 1.807) is 31.2 Å². The van der Waals surface area contributed by atoms with Crippen LogP contribution in [0.25, 0.3) is 22.6 Å². The molecule has 0 saturated carbocycles. The Morgan fingerprint density at radius 1 is 1.12 bits per heavy atom. The summed E-state index contributed by atoms with van der Waals surface area (Å²) in [7, 11) is 1.16. The van der Waals surface area contributed by atoms with Gasteiger partial charge in [-0.3, -0.25) is 4.79 Å². The van der Waals surface area contributed by atoms with E-state index in [0.29, 0.717) is 5.69 Å². The minimum atomic E-state index is -4.68. The van der Waals surface area contributed by atoms with Gasteiger partial charge < -0.3 is 9.30 Å². The van der Waals surface area contributed by atoms with Crippen LogP contribution in [0.3, 0.4) is 0 Å². The van der Waals surface area contributed by atoms with Gasteiger partial charge in [0.1, 0.15) is 11.3 Å². The van der Waals surface area contributed by atoms with Crippen molar-refractivity contribution in [3.05, 3.63) is 86.9 Å². The van der Waals surface area contributed by atoms with E-state index in [-0.39, 0.29) is 22.5 Å². The van der Waals surface area contributed by atoms with Gasteiger partial charge in [0.2, 0.25) is 0 Å². The molecule has 0 aliphatic carbocycles. The smallest absolute Gasteiger partial charge is 0.417 e. The number of hydrogen-bond donors (Lipinski definition) is 0. The Morgan fingerprint density at radius 3 is 2.50 bits per heavy atom. The Morgan fingerprint density at radius 2 is 1.84 bits per heavy atom. The minimum Gasteiger partial charge on any atom is -0.465 e. The van der Waals surface area contributed by atoms with E-state index in [1.165, 1.54) is 23.0 Å². The molecule has 0 amide bonds. The summed E-state index contributed by atoms with van der Waals surface area (Å²) in [4.78, 5) is 25.6. The molecule has 0 unspecified atom stereocenters. The number of aromatic nitrogens is 3. The summed E-state index contributed by atoms with van der Waals surface area (Å²) in [5.74, 6) is -0.788. The average Bonchev–Trinajstić information content (AvgIpc) is 3.08. The van der Waals surface area contributed by atoms with E-state index in [4.69, 9.17) is 16.3 Å². The number of alkyl halides is 3. The van der Waals surface area contributed by atoms with Crippen LogP contribution in [0.15, 0.2) is 59.7 Å². The SMILES string of the molecule is COC(=O)c1cn(-c2ccc(Cl)c(C(F)(F)F)c2)cc2c(=O)n(-c3ccccc3C)nc1-2. The maximum Gasteiger partial charge on any atom is 0.417 e. The zero-order chi connectivity index (χ0) is 23.2. The van der Waals surface area contributed by atoms with Gasteiger partial charge in [0.25, 0.3) is 5.56 Å². The lowest BCUT2D eigenvalue weighted by Crippen LogP contribution is -2.16. The van der Waals surface area contributed by atoms with Gasteiger partial charge in [0, 0.05) is 18.1 Å². The standard InChI is InChI=1S/C22H15ClF3N3O3/c1-12-5-3-4-6-18(12)29-20(30)14-10-28(11-15(19(14)27-29)21(31)32-2)13-7-8-17(23)16(9-13)22(24,25)26/h3-11H,1-2H3. The predicted octanol–water partition coefficient (Wildman–Crippen LogP) is 4.90. The van der Waals surface area contributed by atoms with Gasteiger partial charge in [0.05, 0.1) is 28.9 Å². The van der Waals surface area contributed by atoms with Crippen molar-refractivity contribution in [1.82, 2.24) is 14.3 Å². The predicted molar refractivity (Wildman–Crippen MR) is 112 cm³/mol. The fourth-order valence-electron chi connectivity index (χ4n) is 3.37. The molecule has 0 bridgehead atoms. The number of ether oxygens (including phenoxy) is 1. The molecule has 0 atom stereocenters. The Labute approximate surface area is 184 Å². The number of carbonyl (C=O) groups excluding carboxylic acids is 1. The largest absolute Gasteiger partial charge is 0.465 e. The number of pyridine rings is 1. The molecule has 2 aliphatic rings. The van der Waals surface area contributed by atoms with Crippen molar-refractivity contribution < 1.29 is 22.7 Å². The van der Waals surface area contributed by atoms with Gasteiger partial charge >= 0.3 is 12.1 Å². The number of benzene rings is 2. The Bertz CT molecular complexity index is 1370. The molecule has 2 aliphatic heterocycles. The average molecular weight is 462 g/mol. The lowest BCUT2D eigenvalue weighted by atomic mass is 10.1. The second-order valence-corrected chi connectivity index (χ2v) is 7.41. The molecule has 32 heavy (non-hydrogen) atoms. The normalized spacial score (nSPS) is 11.7. The summed E-state index contributed by atoms with van der Waals surface area (Å²) in [5.41, 5.74) is -0.180. The molecule has 2 aromatic carbocycles. The Hall–Kier alpha value is -3.59. The van der Waals surface area contributed by atoms with E-state index in [1.807, 2.05) is 0 Å². The lowest BCUT2D eigenvalue weighted by molar-refractivity contribution is -0.137. The second-order valence-electron chi connectivity index (χ2n) is 7.00. The van der Waals surface area contributed by atoms with E-state index in [2.05, 4.69) is 5.10 Å². The molecule has 4 rings (SSSR count). The van der Waals surface area contributed by atoms with Gasteiger partial charge in [-0.05, 0) is 36.8 Å². The van der Waals surface area contributed by atoms with Crippen molar-refractivity contribution >= 4 is 17.6 Å². The number of esters is 1. The third-order valence-corrected chi connectivity index (χ3v) is 5.30. The van der Waals surface area contributed by atoms with Crippen molar-refractivity contribution in [2.45, 2.75) is 13.1 Å². The highest BCUT2D eigenvalue weighted by atomic mass is 35.5. The number of nitrogens with zero attached hydrogens (tertiary/aromatic N) is 3. The molecule has 0 fully saturated rings. The monoisotopic (exact) mass is 461 g/mol. The number of halogens is 4. The first-order valence-electron chi connectivity index (χ1n) is 9.28. The Balaban J connectivity index is 2.00. The summed E-state index contributed by atoms with van der Waals surface area (Å²) in [5, 5.41) is 3.84. The van der Waals surface area contributed by atoms with Crippen LogP contribution in [-0.2, 0) is 10.9 Å². The maximum absolute atomic E-state index is 13.3. The lowest BCUT2D eigenvalue weighted by Gasteiger charge is -2.15. The molecule has 2 aromatic rings. The number of hydrogen-bond acceptors (Lipinski definition) is 4. The second kappa shape index (κ2) is 7.83. The first-order chi connectivity index (χ1) is 15.1. The summed E-state index contributed by atoms with van der Waals surface area (Å²) in [6.07, 6.45) is -2.08. The van der Waals surface area contributed by atoms with Gasteiger partial charge in [-0.15, -0.1) is 0 Å². The fourth-order valence-corrected chi connectivity index (χ4v) is 3.60. The van der Waals surface area contributed by atoms with E-state index in [9.17, 15) is 22.8 Å². The highest BCUT2D eigenvalue weighted by Crippen LogP contribution is 2.36.